The fourth-order valence-electron chi connectivity index (χ4n) is 5.15. The van der Waals surface area contributed by atoms with Gasteiger partial charge in [0, 0.05) is 39.4 Å². The molecule has 0 aromatic heterocycles. The molecule has 2 heterocycles. The molecule has 3 amide bonds. The van der Waals surface area contributed by atoms with E-state index in [0.717, 1.165) is 23.4 Å². The van der Waals surface area contributed by atoms with Crippen molar-refractivity contribution in [3.8, 4) is 17.2 Å². The summed E-state index contributed by atoms with van der Waals surface area (Å²) < 4.78 is 21.4. The Morgan fingerprint density at radius 3 is 2.06 bits per heavy atom. The van der Waals surface area contributed by atoms with Gasteiger partial charge in [-0.1, -0.05) is 12.1 Å². The molecule has 0 bridgehead atoms. The van der Waals surface area contributed by atoms with E-state index in [2.05, 4.69) is 11.0 Å². The summed E-state index contributed by atoms with van der Waals surface area (Å²) >= 11 is 0. The van der Waals surface area contributed by atoms with Crippen LogP contribution in [-0.4, -0.2) is 86.9 Å². The molecule has 4 rings (SSSR count). The number of imide groups is 1. The molecule has 2 saturated heterocycles. The lowest BCUT2D eigenvalue weighted by atomic mass is 9.85. The maximum atomic E-state index is 13.9. The molecule has 9 heteroatoms. The van der Waals surface area contributed by atoms with E-state index < -0.39 is 5.54 Å². The van der Waals surface area contributed by atoms with Crippen LogP contribution in [0.5, 0.6) is 17.2 Å². The highest BCUT2D eigenvalue weighted by atomic mass is 16.5. The Morgan fingerprint density at radius 2 is 1.44 bits per heavy atom. The third-order valence-corrected chi connectivity index (χ3v) is 7.12. The van der Waals surface area contributed by atoms with Gasteiger partial charge in [-0.15, -0.1) is 0 Å². The minimum absolute atomic E-state index is 0.147. The topological polar surface area (TPSA) is 80.8 Å². The van der Waals surface area contributed by atoms with Crippen LogP contribution in [0.2, 0.25) is 0 Å². The first-order valence-corrected chi connectivity index (χ1v) is 12.1. The third-order valence-electron chi connectivity index (χ3n) is 7.12. The number of hydrogen-bond acceptors (Lipinski definition) is 7. The summed E-state index contributed by atoms with van der Waals surface area (Å²) in [5, 5.41) is 0. The van der Waals surface area contributed by atoms with E-state index in [-0.39, 0.29) is 18.5 Å². The first kappa shape index (κ1) is 25.8. The summed E-state index contributed by atoms with van der Waals surface area (Å²) in [6.45, 7) is 3.08. The highest BCUT2D eigenvalue weighted by Gasteiger charge is 2.57. The zero-order chi connectivity index (χ0) is 25.7. The van der Waals surface area contributed by atoms with Crippen molar-refractivity contribution in [1.82, 2.24) is 14.7 Å². The maximum Gasteiger partial charge on any atom is 0.328 e. The fourth-order valence-corrected chi connectivity index (χ4v) is 5.15. The van der Waals surface area contributed by atoms with E-state index >= 15 is 0 Å². The third kappa shape index (κ3) is 5.12. The number of methoxy groups -OCH3 is 4. The van der Waals surface area contributed by atoms with Crippen LogP contribution in [0.3, 0.4) is 0 Å². The molecule has 2 aliphatic rings. The molecule has 0 unspecified atom stereocenters. The van der Waals surface area contributed by atoms with Gasteiger partial charge in [0.1, 0.15) is 22.8 Å². The van der Waals surface area contributed by atoms with Crippen molar-refractivity contribution < 1.29 is 28.5 Å². The van der Waals surface area contributed by atoms with Gasteiger partial charge in [-0.25, -0.2) is 4.79 Å². The van der Waals surface area contributed by atoms with E-state index in [0.29, 0.717) is 50.6 Å². The summed E-state index contributed by atoms with van der Waals surface area (Å²) in [6, 6.07) is 13.2. The van der Waals surface area contributed by atoms with Crippen LogP contribution in [-0.2, 0) is 22.6 Å². The summed E-state index contributed by atoms with van der Waals surface area (Å²) in [5.74, 6) is 1.90. The summed E-state index contributed by atoms with van der Waals surface area (Å²) in [4.78, 5) is 32.8. The van der Waals surface area contributed by atoms with Gasteiger partial charge in [-0.3, -0.25) is 14.6 Å². The molecule has 0 N–H and O–H groups in total. The first-order valence-electron chi connectivity index (χ1n) is 12.1. The minimum atomic E-state index is -0.858. The highest BCUT2D eigenvalue weighted by Crippen LogP contribution is 2.38. The zero-order valence-electron chi connectivity index (χ0n) is 21.5. The van der Waals surface area contributed by atoms with Crippen molar-refractivity contribution in [3.05, 3.63) is 53.6 Å². The molecule has 194 valence electrons. The van der Waals surface area contributed by atoms with Crippen LogP contribution >= 0.6 is 0 Å². The number of carbonyl (C=O) groups excluding carboxylic acids is 2. The molecule has 36 heavy (non-hydrogen) atoms. The molecule has 2 aromatic carbocycles. The lowest BCUT2D eigenvalue weighted by Gasteiger charge is -2.42. The zero-order valence-corrected chi connectivity index (χ0v) is 21.5. The van der Waals surface area contributed by atoms with E-state index in [1.807, 2.05) is 30.3 Å². The SMILES string of the molecule is COCCN1C(=O)N(Cc2cc(OC)cc(OC)c2)C(=O)C12CCN(Cc1cccc(OC)c1)CC2. The minimum Gasteiger partial charge on any atom is -0.497 e. The number of likely N-dealkylation sites (tertiary alicyclic amines) is 1. The molecular weight excluding hydrogens is 462 g/mol. The Kier molecular flexibility index (Phi) is 8.01. The smallest absolute Gasteiger partial charge is 0.328 e. The quantitative estimate of drug-likeness (QED) is 0.467. The van der Waals surface area contributed by atoms with Crippen molar-refractivity contribution in [2.75, 3.05) is 54.7 Å². The van der Waals surface area contributed by atoms with E-state index in [4.69, 9.17) is 18.9 Å². The van der Waals surface area contributed by atoms with Gasteiger partial charge in [0.2, 0.25) is 0 Å². The van der Waals surface area contributed by atoms with Crippen molar-refractivity contribution >= 4 is 11.9 Å². The number of carbonyl (C=O) groups is 2. The monoisotopic (exact) mass is 497 g/mol. The Bertz CT molecular complexity index is 1060. The number of rotatable bonds is 10. The van der Waals surface area contributed by atoms with E-state index in [1.165, 1.54) is 4.90 Å². The van der Waals surface area contributed by atoms with Crippen LogP contribution in [0.4, 0.5) is 4.79 Å². The molecule has 0 aliphatic carbocycles. The summed E-state index contributed by atoms with van der Waals surface area (Å²) in [5.41, 5.74) is 1.07. The average molecular weight is 498 g/mol. The number of hydrogen-bond donors (Lipinski definition) is 0. The van der Waals surface area contributed by atoms with Crippen LogP contribution < -0.4 is 14.2 Å². The Hall–Kier alpha value is -3.30. The molecule has 0 atom stereocenters. The number of urea groups is 1. The molecule has 0 radical (unpaired) electrons. The molecule has 2 aromatic rings. The van der Waals surface area contributed by atoms with Crippen molar-refractivity contribution in [3.63, 3.8) is 0 Å². The number of nitrogens with zero attached hydrogens (tertiary/aromatic N) is 3. The number of benzene rings is 2. The van der Waals surface area contributed by atoms with Gasteiger partial charge >= 0.3 is 6.03 Å². The lowest BCUT2D eigenvalue weighted by Crippen LogP contribution is -2.57. The van der Waals surface area contributed by atoms with Crippen molar-refractivity contribution in [2.45, 2.75) is 31.5 Å². The number of ether oxygens (including phenoxy) is 4. The predicted octanol–water partition coefficient (Wildman–Crippen LogP) is 3.16. The molecule has 2 aliphatic heterocycles. The molecule has 9 nitrogen and oxygen atoms in total. The molecule has 1 spiro atoms. The molecular formula is C27H35N3O6. The van der Waals surface area contributed by atoms with Crippen molar-refractivity contribution in [1.29, 1.82) is 0 Å². The molecule has 0 saturated carbocycles. The largest absolute Gasteiger partial charge is 0.497 e. The Labute approximate surface area is 212 Å². The van der Waals surface area contributed by atoms with Gasteiger partial charge in [-0.2, -0.15) is 0 Å². The van der Waals surface area contributed by atoms with Gasteiger partial charge < -0.3 is 23.8 Å². The second-order valence-corrected chi connectivity index (χ2v) is 9.20. The van der Waals surface area contributed by atoms with Crippen molar-refractivity contribution in [2.24, 2.45) is 0 Å². The maximum absolute atomic E-state index is 13.9. The second-order valence-electron chi connectivity index (χ2n) is 9.20. The van der Waals surface area contributed by atoms with E-state index in [1.54, 1.807) is 39.4 Å². The second kappa shape index (κ2) is 11.2. The highest BCUT2D eigenvalue weighted by molar-refractivity contribution is 6.07. The van der Waals surface area contributed by atoms with E-state index in [9.17, 15) is 9.59 Å². The van der Waals surface area contributed by atoms with Crippen LogP contribution in [0.15, 0.2) is 42.5 Å². The fraction of sp³-hybridized carbons (Fsp3) is 0.481. The van der Waals surface area contributed by atoms with Gasteiger partial charge in [-0.05, 0) is 48.2 Å². The lowest BCUT2D eigenvalue weighted by molar-refractivity contribution is -0.136. The normalized spacial score (nSPS) is 17.7. The molecule has 2 fully saturated rings. The van der Waals surface area contributed by atoms with Crippen LogP contribution in [0.25, 0.3) is 0 Å². The average Bonchev–Trinajstić information content (AvgIpc) is 3.09. The standard InChI is InChI=1S/C27H35N3O6/c1-33-13-12-30-26(32)29(19-21-15-23(35-3)17-24(16-21)36-4)25(31)27(30)8-10-28(11-9-27)18-20-6-5-7-22(14-20)34-2/h5-7,14-17H,8-13,18-19H2,1-4H3. The summed E-state index contributed by atoms with van der Waals surface area (Å²) in [6.07, 6.45) is 1.15. The number of amides is 3. The van der Waals surface area contributed by atoms with Gasteiger partial charge in [0.25, 0.3) is 5.91 Å². The van der Waals surface area contributed by atoms with Crippen LogP contribution in [0.1, 0.15) is 24.0 Å². The predicted molar refractivity (Wildman–Crippen MR) is 134 cm³/mol. The summed E-state index contributed by atoms with van der Waals surface area (Å²) in [7, 11) is 6.41. The Morgan fingerprint density at radius 1 is 0.806 bits per heavy atom. The Balaban J connectivity index is 1.52. The van der Waals surface area contributed by atoms with Gasteiger partial charge in [0.15, 0.2) is 0 Å². The first-order chi connectivity index (χ1) is 17.4. The van der Waals surface area contributed by atoms with Gasteiger partial charge in [0.05, 0.1) is 34.5 Å². The van der Waals surface area contributed by atoms with Crippen LogP contribution in [0, 0.1) is 0 Å². The number of piperidine rings is 1.